The zero-order valence-electron chi connectivity index (χ0n) is 13.0. The molecule has 2 aromatic carbocycles. The SMILES string of the molecule is CC(C)NC(=O)/C(=C/c1ccc([N+](=O)[O-])cc1)c1ccccc1. The van der Waals surface area contributed by atoms with Gasteiger partial charge in [-0.05, 0) is 43.2 Å². The van der Waals surface area contributed by atoms with Crippen LogP contribution in [0.15, 0.2) is 54.6 Å². The highest BCUT2D eigenvalue weighted by Crippen LogP contribution is 2.20. The molecular formula is C18H18N2O3. The van der Waals surface area contributed by atoms with Crippen LogP contribution >= 0.6 is 0 Å². The number of benzene rings is 2. The molecular weight excluding hydrogens is 292 g/mol. The molecule has 23 heavy (non-hydrogen) atoms. The van der Waals surface area contributed by atoms with Crippen molar-refractivity contribution in [3.8, 4) is 0 Å². The Hall–Kier alpha value is -2.95. The summed E-state index contributed by atoms with van der Waals surface area (Å²) in [6.45, 7) is 3.79. The van der Waals surface area contributed by atoms with Gasteiger partial charge in [-0.15, -0.1) is 0 Å². The van der Waals surface area contributed by atoms with Gasteiger partial charge in [-0.1, -0.05) is 30.3 Å². The number of nitrogens with one attached hydrogen (secondary N) is 1. The summed E-state index contributed by atoms with van der Waals surface area (Å²) < 4.78 is 0. The number of carbonyl (C=O) groups excluding carboxylic acids is 1. The van der Waals surface area contributed by atoms with Gasteiger partial charge in [0.15, 0.2) is 0 Å². The van der Waals surface area contributed by atoms with Gasteiger partial charge in [0.2, 0.25) is 0 Å². The third-order valence-electron chi connectivity index (χ3n) is 3.16. The smallest absolute Gasteiger partial charge is 0.269 e. The van der Waals surface area contributed by atoms with Crippen molar-refractivity contribution < 1.29 is 9.72 Å². The maximum atomic E-state index is 12.4. The van der Waals surface area contributed by atoms with Crippen LogP contribution in [0.4, 0.5) is 5.69 Å². The van der Waals surface area contributed by atoms with E-state index in [4.69, 9.17) is 0 Å². The van der Waals surface area contributed by atoms with Crippen LogP contribution in [0.1, 0.15) is 25.0 Å². The third kappa shape index (κ3) is 4.51. The Labute approximate surface area is 134 Å². The van der Waals surface area contributed by atoms with Crippen molar-refractivity contribution >= 4 is 23.2 Å². The summed E-state index contributed by atoms with van der Waals surface area (Å²) in [6, 6.07) is 15.5. The Kier molecular flexibility index (Phi) is 5.25. The maximum Gasteiger partial charge on any atom is 0.269 e. The monoisotopic (exact) mass is 310 g/mol. The van der Waals surface area contributed by atoms with Crippen LogP contribution in [0, 0.1) is 10.1 Å². The molecule has 118 valence electrons. The highest BCUT2D eigenvalue weighted by atomic mass is 16.6. The van der Waals surface area contributed by atoms with E-state index < -0.39 is 4.92 Å². The van der Waals surface area contributed by atoms with E-state index in [1.807, 2.05) is 44.2 Å². The minimum Gasteiger partial charge on any atom is -0.350 e. The van der Waals surface area contributed by atoms with Crippen molar-refractivity contribution in [2.75, 3.05) is 0 Å². The van der Waals surface area contributed by atoms with Crippen molar-refractivity contribution in [1.82, 2.24) is 5.32 Å². The number of hydrogen-bond donors (Lipinski definition) is 1. The zero-order valence-corrected chi connectivity index (χ0v) is 13.0. The predicted molar refractivity (Wildman–Crippen MR) is 90.7 cm³/mol. The van der Waals surface area contributed by atoms with Crippen molar-refractivity contribution in [2.24, 2.45) is 0 Å². The fourth-order valence-electron chi connectivity index (χ4n) is 2.10. The summed E-state index contributed by atoms with van der Waals surface area (Å²) in [5.74, 6) is -0.176. The Balaban J connectivity index is 2.40. The summed E-state index contributed by atoms with van der Waals surface area (Å²) >= 11 is 0. The van der Waals surface area contributed by atoms with Gasteiger partial charge in [0.05, 0.1) is 4.92 Å². The van der Waals surface area contributed by atoms with Crippen molar-refractivity contribution in [3.05, 3.63) is 75.8 Å². The molecule has 0 aliphatic rings. The van der Waals surface area contributed by atoms with E-state index in [0.29, 0.717) is 5.57 Å². The molecule has 1 N–H and O–H groups in total. The van der Waals surface area contributed by atoms with Gasteiger partial charge in [0.25, 0.3) is 11.6 Å². The lowest BCUT2D eigenvalue weighted by molar-refractivity contribution is -0.384. The number of non-ortho nitro benzene ring substituents is 1. The second-order valence-electron chi connectivity index (χ2n) is 5.40. The zero-order chi connectivity index (χ0) is 16.8. The number of hydrogen-bond acceptors (Lipinski definition) is 3. The Morgan fingerprint density at radius 2 is 1.70 bits per heavy atom. The number of nitro groups is 1. The molecule has 0 saturated heterocycles. The molecule has 0 heterocycles. The van der Waals surface area contributed by atoms with Gasteiger partial charge in [0.1, 0.15) is 0 Å². The molecule has 0 fully saturated rings. The van der Waals surface area contributed by atoms with E-state index in [2.05, 4.69) is 5.32 Å². The fourth-order valence-corrected chi connectivity index (χ4v) is 2.10. The van der Waals surface area contributed by atoms with E-state index >= 15 is 0 Å². The summed E-state index contributed by atoms with van der Waals surface area (Å²) in [7, 11) is 0. The minimum absolute atomic E-state index is 0.0199. The lowest BCUT2D eigenvalue weighted by atomic mass is 10.0. The van der Waals surface area contributed by atoms with Crippen LogP contribution in [-0.4, -0.2) is 16.9 Å². The Morgan fingerprint density at radius 1 is 1.09 bits per heavy atom. The highest BCUT2D eigenvalue weighted by Gasteiger charge is 2.13. The van der Waals surface area contributed by atoms with E-state index in [1.165, 1.54) is 12.1 Å². The van der Waals surface area contributed by atoms with Gasteiger partial charge in [-0.25, -0.2) is 0 Å². The number of amides is 1. The fraction of sp³-hybridized carbons (Fsp3) is 0.167. The predicted octanol–water partition coefficient (Wildman–Crippen LogP) is 3.66. The van der Waals surface area contributed by atoms with Gasteiger partial charge in [-0.2, -0.15) is 0 Å². The average molecular weight is 310 g/mol. The van der Waals surface area contributed by atoms with Gasteiger partial charge in [0, 0.05) is 23.7 Å². The molecule has 5 heteroatoms. The average Bonchev–Trinajstić information content (AvgIpc) is 2.53. The van der Waals surface area contributed by atoms with E-state index in [1.54, 1.807) is 18.2 Å². The standard InChI is InChI=1S/C18H18N2O3/c1-13(2)19-18(21)17(15-6-4-3-5-7-15)12-14-8-10-16(11-9-14)20(22)23/h3-13H,1-2H3,(H,19,21)/b17-12+. The first-order chi connectivity index (χ1) is 11.0. The molecule has 2 aromatic rings. The molecule has 1 amide bonds. The lowest BCUT2D eigenvalue weighted by Crippen LogP contribution is -2.30. The maximum absolute atomic E-state index is 12.4. The highest BCUT2D eigenvalue weighted by molar-refractivity contribution is 6.24. The normalized spacial score (nSPS) is 11.3. The quantitative estimate of drug-likeness (QED) is 0.396. The molecule has 0 radical (unpaired) electrons. The van der Waals surface area contributed by atoms with E-state index in [0.717, 1.165) is 11.1 Å². The third-order valence-corrected chi connectivity index (χ3v) is 3.16. The molecule has 0 saturated carbocycles. The Bertz CT molecular complexity index is 720. The van der Waals surface area contributed by atoms with Crippen LogP contribution in [0.5, 0.6) is 0 Å². The van der Waals surface area contributed by atoms with Crippen molar-refractivity contribution in [3.63, 3.8) is 0 Å². The minimum atomic E-state index is -0.447. The Morgan fingerprint density at radius 3 is 2.22 bits per heavy atom. The van der Waals surface area contributed by atoms with Crippen LogP contribution in [-0.2, 0) is 4.79 Å². The molecule has 5 nitrogen and oxygen atoms in total. The van der Waals surface area contributed by atoms with Crippen LogP contribution in [0.3, 0.4) is 0 Å². The molecule has 0 spiro atoms. The lowest BCUT2D eigenvalue weighted by Gasteiger charge is -2.12. The first-order valence-corrected chi connectivity index (χ1v) is 7.30. The second-order valence-corrected chi connectivity index (χ2v) is 5.40. The topological polar surface area (TPSA) is 72.2 Å². The molecule has 0 bridgehead atoms. The first kappa shape index (κ1) is 16.4. The van der Waals surface area contributed by atoms with E-state index in [9.17, 15) is 14.9 Å². The number of carbonyl (C=O) groups is 1. The van der Waals surface area contributed by atoms with Crippen LogP contribution in [0.2, 0.25) is 0 Å². The van der Waals surface area contributed by atoms with Crippen LogP contribution < -0.4 is 5.32 Å². The van der Waals surface area contributed by atoms with Gasteiger partial charge < -0.3 is 5.32 Å². The number of nitro benzene ring substituents is 1. The molecule has 0 atom stereocenters. The first-order valence-electron chi connectivity index (χ1n) is 7.30. The molecule has 0 aliphatic carbocycles. The van der Waals surface area contributed by atoms with Gasteiger partial charge in [-0.3, -0.25) is 14.9 Å². The molecule has 0 unspecified atom stereocenters. The summed E-state index contributed by atoms with van der Waals surface area (Å²) in [4.78, 5) is 22.7. The summed E-state index contributed by atoms with van der Waals surface area (Å²) in [6.07, 6.45) is 1.73. The van der Waals surface area contributed by atoms with Crippen molar-refractivity contribution in [1.29, 1.82) is 0 Å². The second kappa shape index (κ2) is 7.35. The number of rotatable bonds is 5. The van der Waals surface area contributed by atoms with E-state index in [-0.39, 0.29) is 17.6 Å². The van der Waals surface area contributed by atoms with Crippen molar-refractivity contribution in [2.45, 2.75) is 19.9 Å². The largest absolute Gasteiger partial charge is 0.350 e. The summed E-state index contributed by atoms with van der Waals surface area (Å²) in [5, 5.41) is 13.6. The molecule has 0 aromatic heterocycles. The van der Waals surface area contributed by atoms with Gasteiger partial charge >= 0.3 is 0 Å². The summed E-state index contributed by atoms with van der Waals surface area (Å²) in [5.41, 5.74) is 2.07. The molecule has 0 aliphatic heterocycles. The molecule has 2 rings (SSSR count). The number of nitrogens with zero attached hydrogens (tertiary/aromatic N) is 1. The van der Waals surface area contributed by atoms with Crippen LogP contribution in [0.25, 0.3) is 11.6 Å².